The van der Waals surface area contributed by atoms with Crippen molar-refractivity contribution >= 4 is 35.0 Å². The van der Waals surface area contributed by atoms with E-state index in [4.69, 9.17) is 0 Å². The predicted molar refractivity (Wildman–Crippen MR) is 75.9 cm³/mol. The lowest BCUT2D eigenvalue weighted by Gasteiger charge is -2.09. The first-order chi connectivity index (χ1) is 9.52. The number of rotatable bonds is 3. The SMILES string of the molecule is COC(=O)CN1C(=O)S/C(=C\c2ccccc2C)C1=O. The first kappa shape index (κ1) is 14.3. The number of hydrogen-bond acceptors (Lipinski definition) is 5. The van der Waals surface area contributed by atoms with Crippen LogP contribution in [0.1, 0.15) is 11.1 Å². The normalized spacial score (nSPS) is 16.9. The highest BCUT2D eigenvalue weighted by Crippen LogP contribution is 2.32. The predicted octanol–water partition coefficient (Wildman–Crippen LogP) is 2.20. The third-order valence-electron chi connectivity index (χ3n) is 2.86. The van der Waals surface area contributed by atoms with Gasteiger partial charge in [-0.2, -0.15) is 0 Å². The fourth-order valence-electron chi connectivity index (χ4n) is 1.72. The van der Waals surface area contributed by atoms with Gasteiger partial charge in [-0.3, -0.25) is 19.3 Å². The lowest BCUT2D eigenvalue weighted by atomic mass is 10.1. The lowest BCUT2D eigenvalue weighted by molar-refractivity contribution is -0.143. The fraction of sp³-hybridized carbons (Fsp3) is 0.214. The van der Waals surface area contributed by atoms with Crippen LogP contribution in [0.4, 0.5) is 4.79 Å². The molecule has 0 spiro atoms. The van der Waals surface area contributed by atoms with Gasteiger partial charge in [0.2, 0.25) is 0 Å². The lowest BCUT2D eigenvalue weighted by Crippen LogP contribution is -2.34. The van der Waals surface area contributed by atoms with Crippen molar-refractivity contribution < 1.29 is 19.1 Å². The van der Waals surface area contributed by atoms with Gasteiger partial charge in [-0.15, -0.1) is 0 Å². The quantitative estimate of drug-likeness (QED) is 0.631. The Morgan fingerprint density at radius 2 is 2.05 bits per heavy atom. The minimum atomic E-state index is -0.621. The van der Waals surface area contributed by atoms with E-state index in [0.717, 1.165) is 27.8 Å². The average molecular weight is 291 g/mol. The number of esters is 1. The number of nitrogens with zero attached hydrogens (tertiary/aromatic N) is 1. The van der Waals surface area contributed by atoms with Crippen LogP contribution in [0.25, 0.3) is 6.08 Å². The smallest absolute Gasteiger partial charge is 0.325 e. The third-order valence-corrected chi connectivity index (χ3v) is 3.77. The number of aryl methyl sites for hydroxylation is 1. The van der Waals surface area contributed by atoms with Crippen molar-refractivity contribution in [2.75, 3.05) is 13.7 Å². The van der Waals surface area contributed by atoms with Gasteiger partial charge in [0, 0.05) is 0 Å². The van der Waals surface area contributed by atoms with Crippen molar-refractivity contribution in [3.63, 3.8) is 0 Å². The molecule has 1 heterocycles. The summed E-state index contributed by atoms with van der Waals surface area (Å²) in [4.78, 5) is 36.2. The van der Waals surface area contributed by atoms with E-state index in [1.807, 2.05) is 31.2 Å². The molecule has 1 aromatic rings. The molecule has 0 bridgehead atoms. The van der Waals surface area contributed by atoms with E-state index in [2.05, 4.69) is 4.74 Å². The summed E-state index contributed by atoms with van der Waals surface area (Å²) >= 11 is 0.829. The van der Waals surface area contributed by atoms with Gasteiger partial charge in [0.15, 0.2) is 0 Å². The molecular weight excluding hydrogens is 278 g/mol. The van der Waals surface area contributed by atoms with Crippen LogP contribution in [0.5, 0.6) is 0 Å². The topological polar surface area (TPSA) is 63.7 Å². The molecule has 0 unspecified atom stereocenters. The number of thioether (sulfide) groups is 1. The number of methoxy groups -OCH3 is 1. The Balaban J connectivity index is 2.24. The zero-order valence-corrected chi connectivity index (χ0v) is 11.9. The number of hydrogen-bond donors (Lipinski definition) is 0. The maximum atomic E-state index is 12.1. The molecule has 0 atom stereocenters. The van der Waals surface area contributed by atoms with Crippen LogP contribution < -0.4 is 0 Å². The van der Waals surface area contributed by atoms with Crippen molar-refractivity contribution in [2.45, 2.75) is 6.92 Å². The second-order valence-corrected chi connectivity index (χ2v) is 5.19. The Bertz CT molecular complexity index is 609. The maximum absolute atomic E-state index is 12.1. The number of imide groups is 1. The summed E-state index contributed by atoms with van der Waals surface area (Å²) in [5.41, 5.74) is 1.88. The Morgan fingerprint density at radius 3 is 2.70 bits per heavy atom. The van der Waals surface area contributed by atoms with Crippen LogP contribution in [0.3, 0.4) is 0 Å². The van der Waals surface area contributed by atoms with E-state index in [9.17, 15) is 14.4 Å². The highest BCUT2D eigenvalue weighted by Gasteiger charge is 2.36. The molecule has 2 rings (SSSR count). The van der Waals surface area contributed by atoms with Crippen molar-refractivity contribution in [1.29, 1.82) is 0 Å². The Hall–Kier alpha value is -2.08. The minimum Gasteiger partial charge on any atom is -0.468 e. The Labute approximate surface area is 120 Å². The van der Waals surface area contributed by atoms with E-state index in [1.54, 1.807) is 6.08 Å². The molecule has 1 fully saturated rings. The van der Waals surface area contributed by atoms with Gasteiger partial charge in [-0.25, -0.2) is 0 Å². The summed E-state index contributed by atoms with van der Waals surface area (Å²) in [5.74, 6) is -1.09. The molecule has 104 valence electrons. The molecule has 1 aliphatic rings. The van der Waals surface area contributed by atoms with E-state index < -0.39 is 17.1 Å². The van der Waals surface area contributed by atoms with Crippen molar-refractivity contribution in [1.82, 2.24) is 4.90 Å². The molecule has 1 aromatic carbocycles. The molecule has 1 aliphatic heterocycles. The highest BCUT2D eigenvalue weighted by molar-refractivity contribution is 8.18. The van der Waals surface area contributed by atoms with E-state index >= 15 is 0 Å². The standard InChI is InChI=1S/C14H13NO4S/c1-9-5-3-4-6-10(9)7-11-13(17)15(14(18)20-11)8-12(16)19-2/h3-7H,8H2,1-2H3/b11-7-. The zero-order valence-electron chi connectivity index (χ0n) is 11.1. The van der Waals surface area contributed by atoms with Gasteiger partial charge in [-0.05, 0) is 35.9 Å². The summed E-state index contributed by atoms with van der Waals surface area (Å²) in [6.45, 7) is 1.57. The number of ether oxygens (including phenoxy) is 1. The van der Waals surface area contributed by atoms with E-state index in [0.29, 0.717) is 4.91 Å². The number of carbonyl (C=O) groups is 3. The first-order valence-electron chi connectivity index (χ1n) is 5.90. The van der Waals surface area contributed by atoms with Gasteiger partial charge in [0.25, 0.3) is 11.1 Å². The van der Waals surface area contributed by atoms with Crippen molar-refractivity contribution in [3.05, 3.63) is 40.3 Å². The van der Waals surface area contributed by atoms with Crippen LogP contribution in [-0.4, -0.2) is 35.7 Å². The number of carbonyl (C=O) groups excluding carboxylic acids is 3. The Kier molecular flexibility index (Phi) is 4.24. The highest BCUT2D eigenvalue weighted by atomic mass is 32.2. The molecule has 6 heteroatoms. The van der Waals surface area contributed by atoms with E-state index in [1.165, 1.54) is 7.11 Å². The largest absolute Gasteiger partial charge is 0.468 e. The molecule has 0 aliphatic carbocycles. The molecular formula is C14H13NO4S. The second-order valence-electron chi connectivity index (χ2n) is 4.20. The van der Waals surface area contributed by atoms with Crippen LogP contribution in [-0.2, 0) is 14.3 Å². The molecule has 0 radical (unpaired) electrons. The monoisotopic (exact) mass is 291 g/mol. The molecule has 2 amide bonds. The first-order valence-corrected chi connectivity index (χ1v) is 6.72. The summed E-state index contributed by atoms with van der Waals surface area (Å²) in [7, 11) is 1.21. The third kappa shape index (κ3) is 2.91. The number of amides is 2. The molecule has 0 saturated carbocycles. The van der Waals surface area contributed by atoms with Crippen LogP contribution in [0, 0.1) is 6.92 Å². The van der Waals surface area contributed by atoms with Crippen molar-refractivity contribution in [2.24, 2.45) is 0 Å². The van der Waals surface area contributed by atoms with E-state index in [-0.39, 0.29) is 6.54 Å². The zero-order chi connectivity index (χ0) is 14.7. The molecule has 5 nitrogen and oxygen atoms in total. The Morgan fingerprint density at radius 1 is 1.35 bits per heavy atom. The van der Waals surface area contributed by atoms with Gasteiger partial charge in [0.1, 0.15) is 6.54 Å². The van der Waals surface area contributed by atoms with Crippen molar-refractivity contribution in [3.8, 4) is 0 Å². The summed E-state index contributed by atoms with van der Waals surface area (Å²) in [6, 6.07) is 7.54. The van der Waals surface area contributed by atoms with Gasteiger partial charge in [-0.1, -0.05) is 24.3 Å². The fourth-order valence-corrected chi connectivity index (χ4v) is 2.55. The molecule has 0 aromatic heterocycles. The van der Waals surface area contributed by atoms with Gasteiger partial charge >= 0.3 is 5.97 Å². The van der Waals surface area contributed by atoms with Crippen LogP contribution >= 0.6 is 11.8 Å². The summed E-state index contributed by atoms with van der Waals surface area (Å²) in [5, 5.41) is -0.458. The summed E-state index contributed by atoms with van der Waals surface area (Å²) < 4.78 is 4.47. The molecule has 1 saturated heterocycles. The summed E-state index contributed by atoms with van der Waals surface area (Å²) in [6.07, 6.45) is 1.66. The second kappa shape index (κ2) is 5.92. The maximum Gasteiger partial charge on any atom is 0.325 e. The van der Waals surface area contributed by atoms with Gasteiger partial charge < -0.3 is 4.74 Å². The number of benzene rings is 1. The van der Waals surface area contributed by atoms with Crippen LogP contribution in [0.2, 0.25) is 0 Å². The molecule has 20 heavy (non-hydrogen) atoms. The van der Waals surface area contributed by atoms with Gasteiger partial charge in [0.05, 0.1) is 12.0 Å². The molecule has 0 N–H and O–H groups in total. The average Bonchev–Trinajstić information content (AvgIpc) is 2.69. The van der Waals surface area contributed by atoms with Crippen LogP contribution in [0.15, 0.2) is 29.2 Å². The minimum absolute atomic E-state index is 0.313.